The number of carbonyl (C=O) groups is 1. The number of hydrogen-bond acceptors (Lipinski definition) is 9. The quantitative estimate of drug-likeness (QED) is 0.253. The van der Waals surface area contributed by atoms with Crippen LogP contribution in [0.5, 0.6) is 0 Å². The van der Waals surface area contributed by atoms with Crippen LogP contribution in [0.1, 0.15) is 39.2 Å². The zero-order valence-corrected chi connectivity index (χ0v) is 22.4. The summed E-state index contributed by atoms with van der Waals surface area (Å²) in [4.78, 5) is 22.3. The van der Waals surface area contributed by atoms with Gasteiger partial charge >= 0.3 is 10.3 Å². The van der Waals surface area contributed by atoms with Gasteiger partial charge in [-0.25, -0.2) is 15.1 Å². The number of hydrogen-bond donors (Lipinski definition) is 3. The van der Waals surface area contributed by atoms with Crippen LogP contribution in [0.4, 0.5) is 5.82 Å². The van der Waals surface area contributed by atoms with E-state index >= 15 is 0 Å². The first-order chi connectivity index (χ1) is 18.2. The van der Waals surface area contributed by atoms with E-state index in [2.05, 4.69) is 49.3 Å². The summed E-state index contributed by atoms with van der Waals surface area (Å²) in [7, 11) is -4.06. The average molecular weight is 556 g/mol. The standard InChI is InChI=1S/C26H29N5O5S2/c1-16-11-31(22-5-3-2-4-20(16)22)12-18-8-24(37-14-18)25(33)21-10-28-15-30-26(21)29-9-17-6-19(23(32)7-17)13-36-38(27,34)35/h2-5,8,10-11,14-15,17,19,23,32H,6-7,9,12-13H2,1H3,(H2,27,34,35)(H,28,29,30)/t17-,19-,23+/m1/s1. The van der Waals surface area contributed by atoms with Crippen molar-refractivity contribution >= 4 is 44.1 Å². The van der Waals surface area contributed by atoms with Crippen LogP contribution in [-0.4, -0.2) is 53.1 Å². The Labute approximate surface area is 224 Å². The molecule has 0 amide bonds. The molecule has 1 aliphatic carbocycles. The van der Waals surface area contributed by atoms with Crippen molar-refractivity contribution in [3.05, 3.63) is 76.0 Å². The highest BCUT2D eigenvalue weighted by Crippen LogP contribution is 2.32. The second-order valence-electron chi connectivity index (χ2n) is 9.71. The minimum Gasteiger partial charge on any atom is -0.393 e. The number of aliphatic hydroxyl groups is 1. The molecule has 0 unspecified atom stereocenters. The summed E-state index contributed by atoms with van der Waals surface area (Å²) in [6, 6.07) is 10.2. The minimum absolute atomic E-state index is 0.0465. The third kappa shape index (κ3) is 5.94. The maximum absolute atomic E-state index is 13.4. The highest BCUT2D eigenvalue weighted by molar-refractivity contribution is 7.84. The van der Waals surface area contributed by atoms with E-state index in [1.807, 2.05) is 23.6 Å². The van der Waals surface area contributed by atoms with Gasteiger partial charge in [-0.1, -0.05) is 18.2 Å². The first-order valence-corrected chi connectivity index (χ1v) is 14.6. The van der Waals surface area contributed by atoms with E-state index in [-0.39, 0.29) is 24.2 Å². The topological polar surface area (TPSA) is 149 Å². The number of nitrogens with one attached hydrogen (secondary N) is 1. The number of carbonyl (C=O) groups excluding carboxylic acids is 1. The van der Waals surface area contributed by atoms with Crippen molar-refractivity contribution in [2.45, 2.75) is 32.4 Å². The summed E-state index contributed by atoms with van der Waals surface area (Å²) in [6.45, 7) is 3.05. The molecule has 5 rings (SSSR count). The van der Waals surface area contributed by atoms with Gasteiger partial charge in [-0.15, -0.1) is 11.3 Å². The van der Waals surface area contributed by atoms with Crippen molar-refractivity contribution in [2.24, 2.45) is 17.0 Å². The van der Waals surface area contributed by atoms with Crippen LogP contribution in [0.3, 0.4) is 0 Å². The predicted molar refractivity (Wildman–Crippen MR) is 145 cm³/mol. The second kappa shape index (κ2) is 10.9. The Morgan fingerprint density at radius 3 is 2.95 bits per heavy atom. The number of aliphatic hydroxyl groups excluding tert-OH is 1. The zero-order chi connectivity index (χ0) is 26.9. The highest BCUT2D eigenvalue weighted by Gasteiger charge is 2.34. The van der Waals surface area contributed by atoms with Gasteiger partial charge in [-0.05, 0) is 54.3 Å². The molecule has 200 valence electrons. The van der Waals surface area contributed by atoms with E-state index in [9.17, 15) is 18.3 Å². The third-order valence-electron chi connectivity index (χ3n) is 6.93. The number of ketones is 1. The van der Waals surface area contributed by atoms with Crippen LogP contribution in [0.15, 0.2) is 54.4 Å². The third-order valence-corrected chi connectivity index (χ3v) is 8.38. The van der Waals surface area contributed by atoms with E-state index in [1.54, 1.807) is 0 Å². The summed E-state index contributed by atoms with van der Waals surface area (Å²) in [6.07, 6.45) is 5.35. The summed E-state index contributed by atoms with van der Waals surface area (Å²) in [5, 5.41) is 21.6. The van der Waals surface area contributed by atoms with Gasteiger partial charge in [0.1, 0.15) is 12.1 Å². The lowest BCUT2D eigenvalue weighted by molar-refractivity contribution is 0.100. The Balaban J connectivity index is 1.24. The first kappa shape index (κ1) is 26.4. The monoisotopic (exact) mass is 555 g/mol. The number of nitrogens with zero attached hydrogens (tertiary/aromatic N) is 3. The molecule has 10 nitrogen and oxygen atoms in total. The van der Waals surface area contributed by atoms with Gasteiger partial charge in [0.15, 0.2) is 0 Å². The number of nitrogens with two attached hydrogens (primary N) is 1. The van der Waals surface area contributed by atoms with E-state index in [1.165, 1.54) is 34.8 Å². The van der Waals surface area contributed by atoms with Crippen LogP contribution < -0.4 is 10.5 Å². The van der Waals surface area contributed by atoms with Crippen LogP contribution in [-0.2, 0) is 21.0 Å². The van der Waals surface area contributed by atoms with Gasteiger partial charge in [0, 0.05) is 42.3 Å². The molecule has 1 aliphatic rings. The van der Waals surface area contributed by atoms with E-state index in [4.69, 9.17) is 5.14 Å². The summed E-state index contributed by atoms with van der Waals surface area (Å²) < 4.78 is 29.0. The Hall–Kier alpha value is -3.16. The fraction of sp³-hybridized carbons (Fsp3) is 0.346. The molecule has 1 aromatic carbocycles. The molecule has 4 N–H and O–H groups in total. The molecule has 38 heavy (non-hydrogen) atoms. The van der Waals surface area contributed by atoms with Crippen molar-refractivity contribution < 1.29 is 22.5 Å². The first-order valence-electron chi connectivity index (χ1n) is 12.2. The van der Waals surface area contributed by atoms with Gasteiger partial charge in [-0.2, -0.15) is 8.42 Å². The van der Waals surface area contributed by atoms with Crippen molar-refractivity contribution in [1.82, 2.24) is 14.5 Å². The van der Waals surface area contributed by atoms with E-state index in [0.717, 1.165) is 11.1 Å². The lowest BCUT2D eigenvalue weighted by Gasteiger charge is -2.14. The summed E-state index contributed by atoms with van der Waals surface area (Å²) in [5.74, 6) is -0.0305. The molecule has 0 saturated heterocycles. The lowest BCUT2D eigenvalue weighted by Crippen LogP contribution is -2.24. The maximum Gasteiger partial charge on any atom is 0.333 e. The van der Waals surface area contributed by atoms with Crippen LogP contribution in [0.25, 0.3) is 10.9 Å². The Kier molecular flexibility index (Phi) is 7.59. The van der Waals surface area contributed by atoms with Crippen molar-refractivity contribution in [2.75, 3.05) is 18.5 Å². The van der Waals surface area contributed by atoms with Gasteiger partial charge < -0.3 is 15.0 Å². The van der Waals surface area contributed by atoms with Crippen LogP contribution in [0, 0.1) is 18.8 Å². The number of aromatic nitrogens is 3. The van der Waals surface area contributed by atoms with Crippen LogP contribution >= 0.6 is 11.3 Å². The number of anilines is 1. The zero-order valence-electron chi connectivity index (χ0n) is 20.8. The fourth-order valence-electron chi connectivity index (χ4n) is 5.09. The smallest absolute Gasteiger partial charge is 0.333 e. The number of thiophene rings is 1. The molecule has 0 bridgehead atoms. The molecule has 1 fully saturated rings. The molecule has 1 saturated carbocycles. The Morgan fingerprint density at radius 1 is 1.32 bits per heavy atom. The van der Waals surface area contributed by atoms with Crippen LogP contribution in [0.2, 0.25) is 0 Å². The van der Waals surface area contributed by atoms with Gasteiger partial charge in [0.05, 0.1) is 23.2 Å². The molecule has 0 radical (unpaired) electrons. The normalized spacial score (nSPS) is 19.7. The van der Waals surface area contributed by atoms with Gasteiger partial charge in [0.2, 0.25) is 5.78 Å². The highest BCUT2D eigenvalue weighted by atomic mass is 32.2. The minimum atomic E-state index is -4.06. The number of aryl methyl sites for hydroxylation is 1. The Morgan fingerprint density at radius 2 is 2.13 bits per heavy atom. The average Bonchev–Trinajstić information content (AvgIpc) is 3.59. The van der Waals surface area contributed by atoms with Gasteiger partial charge in [-0.3, -0.25) is 8.98 Å². The molecular weight excluding hydrogens is 526 g/mol. The maximum atomic E-state index is 13.4. The molecule has 3 atom stereocenters. The molecule has 12 heteroatoms. The number of benzene rings is 1. The van der Waals surface area contributed by atoms with E-state index in [0.29, 0.717) is 42.2 Å². The van der Waals surface area contributed by atoms with Gasteiger partial charge in [0.25, 0.3) is 0 Å². The predicted octanol–water partition coefficient (Wildman–Crippen LogP) is 3.10. The molecule has 0 spiro atoms. The molecule has 0 aliphatic heterocycles. The van der Waals surface area contributed by atoms with E-state index < -0.39 is 16.4 Å². The largest absolute Gasteiger partial charge is 0.393 e. The molecule has 3 heterocycles. The fourth-order valence-corrected chi connectivity index (χ4v) is 6.31. The van der Waals surface area contributed by atoms with Crippen molar-refractivity contribution in [3.63, 3.8) is 0 Å². The molecule has 4 aromatic rings. The molecular formula is C26H29N5O5S2. The molecule has 3 aromatic heterocycles. The number of para-hydroxylation sites is 1. The lowest BCUT2D eigenvalue weighted by atomic mass is 10.1. The Bertz CT molecular complexity index is 1570. The number of fused-ring (bicyclic) bond motifs is 1. The summed E-state index contributed by atoms with van der Waals surface area (Å²) >= 11 is 1.39. The second-order valence-corrected chi connectivity index (χ2v) is 11.8. The SMILES string of the molecule is Cc1cn(Cc2csc(C(=O)c3cncnc3NC[C@@H]3C[C@H](COS(N)(=O)=O)[C@@H](O)C3)c2)c2ccccc12. The summed E-state index contributed by atoms with van der Waals surface area (Å²) in [5.41, 5.74) is 3.78. The number of rotatable bonds is 10. The van der Waals surface area contributed by atoms with Crippen molar-refractivity contribution in [1.29, 1.82) is 0 Å². The van der Waals surface area contributed by atoms with Crippen molar-refractivity contribution in [3.8, 4) is 0 Å².